The van der Waals surface area contributed by atoms with Crippen molar-refractivity contribution in [1.82, 2.24) is 0 Å². The van der Waals surface area contributed by atoms with E-state index in [1.54, 1.807) is 0 Å². The molecule has 6 nitrogen and oxygen atoms in total. The predicted molar refractivity (Wildman–Crippen MR) is 70.5 cm³/mol. The Balaban J connectivity index is 2.50. The fourth-order valence-electron chi connectivity index (χ4n) is 2.35. The smallest absolute Gasteiger partial charge is 0.340 e. The average Bonchev–Trinajstić information content (AvgIpc) is 2.47. The van der Waals surface area contributed by atoms with Gasteiger partial charge in [0.25, 0.3) is 5.69 Å². The molecule has 0 N–H and O–H groups in total. The summed E-state index contributed by atoms with van der Waals surface area (Å²) >= 11 is 0. The van der Waals surface area contributed by atoms with Crippen LogP contribution >= 0.6 is 0 Å². The zero-order valence-corrected chi connectivity index (χ0v) is 11.1. The zero-order valence-electron chi connectivity index (χ0n) is 11.1. The maximum absolute atomic E-state index is 13.8. The van der Waals surface area contributed by atoms with Crippen molar-refractivity contribution in [3.8, 4) is 0 Å². The molecule has 0 bridgehead atoms. The SMILES string of the molecule is COC(=O)c1cc(N2CCCCC2)c([N+](=O)[O-])cc1F. The van der Waals surface area contributed by atoms with Crippen molar-refractivity contribution in [2.24, 2.45) is 0 Å². The fraction of sp³-hybridized carbons (Fsp3) is 0.462. The van der Waals surface area contributed by atoms with Crippen LogP contribution in [-0.4, -0.2) is 31.1 Å². The van der Waals surface area contributed by atoms with Crippen LogP contribution in [0.2, 0.25) is 0 Å². The Morgan fingerprint density at radius 2 is 2.00 bits per heavy atom. The monoisotopic (exact) mass is 282 g/mol. The summed E-state index contributed by atoms with van der Waals surface area (Å²) in [6, 6.07) is 2.00. The van der Waals surface area contributed by atoms with Gasteiger partial charge in [-0.1, -0.05) is 0 Å². The lowest BCUT2D eigenvalue weighted by Gasteiger charge is -2.28. The van der Waals surface area contributed by atoms with Gasteiger partial charge in [-0.3, -0.25) is 10.1 Å². The van der Waals surface area contributed by atoms with E-state index in [0.717, 1.165) is 32.4 Å². The van der Waals surface area contributed by atoms with Crippen LogP contribution in [0.5, 0.6) is 0 Å². The number of ether oxygens (including phenoxy) is 1. The number of rotatable bonds is 3. The van der Waals surface area contributed by atoms with Gasteiger partial charge in [-0.2, -0.15) is 0 Å². The summed E-state index contributed by atoms with van der Waals surface area (Å²) in [5.41, 5.74) is -0.327. The molecule has 1 heterocycles. The number of piperidine rings is 1. The van der Waals surface area contributed by atoms with E-state index in [4.69, 9.17) is 0 Å². The van der Waals surface area contributed by atoms with Gasteiger partial charge in [-0.15, -0.1) is 0 Å². The number of carbonyl (C=O) groups excluding carboxylic acids is 1. The van der Waals surface area contributed by atoms with Gasteiger partial charge in [0.05, 0.1) is 23.7 Å². The van der Waals surface area contributed by atoms with E-state index < -0.39 is 16.7 Å². The zero-order chi connectivity index (χ0) is 14.7. The summed E-state index contributed by atoms with van der Waals surface area (Å²) in [4.78, 5) is 23.7. The minimum absolute atomic E-state index is 0.275. The molecule has 1 aliphatic rings. The van der Waals surface area contributed by atoms with Crippen molar-refractivity contribution in [3.63, 3.8) is 0 Å². The largest absolute Gasteiger partial charge is 0.465 e. The number of nitrogens with zero attached hydrogens (tertiary/aromatic N) is 2. The third kappa shape index (κ3) is 2.71. The van der Waals surface area contributed by atoms with E-state index in [2.05, 4.69) is 4.74 Å². The minimum Gasteiger partial charge on any atom is -0.465 e. The minimum atomic E-state index is -0.940. The number of benzene rings is 1. The molecule has 0 radical (unpaired) electrons. The number of hydrogen-bond acceptors (Lipinski definition) is 5. The molecule has 7 heteroatoms. The van der Waals surface area contributed by atoms with Crippen LogP contribution in [0, 0.1) is 15.9 Å². The van der Waals surface area contributed by atoms with Gasteiger partial charge in [-0.25, -0.2) is 9.18 Å². The number of esters is 1. The summed E-state index contributed by atoms with van der Waals surface area (Å²) in [6.07, 6.45) is 2.90. The Labute approximate surface area is 115 Å². The molecule has 0 unspecified atom stereocenters. The average molecular weight is 282 g/mol. The van der Waals surface area contributed by atoms with Gasteiger partial charge >= 0.3 is 5.97 Å². The first-order valence-corrected chi connectivity index (χ1v) is 6.35. The highest BCUT2D eigenvalue weighted by atomic mass is 19.1. The summed E-state index contributed by atoms with van der Waals surface area (Å²) in [5, 5.41) is 11.1. The lowest BCUT2D eigenvalue weighted by atomic mass is 10.1. The molecule has 20 heavy (non-hydrogen) atoms. The maximum Gasteiger partial charge on any atom is 0.340 e. The third-order valence-electron chi connectivity index (χ3n) is 3.36. The molecular weight excluding hydrogens is 267 g/mol. The molecule has 0 amide bonds. The highest BCUT2D eigenvalue weighted by molar-refractivity contribution is 5.92. The summed E-state index contributed by atoms with van der Waals surface area (Å²) in [6.45, 7) is 1.32. The predicted octanol–water partition coefficient (Wildman–Crippen LogP) is 2.51. The first-order valence-electron chi connectivity index (χ1n) is 6.35. The summed E-state index contributed by atoms with van der Waals surface area (Å²) < 4.78 is 18.3. The second kappa shape index (κ2) is 5.85. The highest BCUT2D eigenvalue weighted by Crippen LogP contribution is 2.33. The van der Waals surface area contributed by atoms with Crippen molar-refractivity contribution in [3.05, 3.63) is 33.6 Å². The fourth-order valence-corrected chi connectivity index (χ4v) is 2.35. The second-order valence-electron chi connectivity index (χ2n) is 4.62. The standard InChI is InChI=1S/C13H15FN2O4/c1-20-13(17)9-7-11(15-5-3-2-4-6-15)12(16(18)19)8-10(9)14/h7-8H,2-6H2,1H3. The van der Waals surface area contributed by atoms with Crippen LogP contribution in [0.4, 0.5) is 15.8 Å². The number of hydrogen-bond donors (Lipinski definition) is 0. The van der Waals surface area contributed by atoms with Gasteiger partial charge < -0.3 is 9.64 Å². The summed E-state index contributed by atoms with van der Waals surface area (Å²) in [5.74, 6) is -1.78. The van der Waals surface area contributed by atoms with Crippen molar-refractivity contribution in [1.29, 1.82) is 0 Å². The molecule has 1 aromatic carbocycles. The third-order valence-corrected chi connectivity index (χ3v) is 3.36. The molecule has 1 saturated heterocycles. The van der Waals surface area contributed by atoms with Gasteiger partial charge in [0.1, 0.15) is 11.5 Å². The maximum atomic E-state index is 13.8. The number of halogens is 1. The molecule has 2 rings (SSSR count). The van der Waals surface area contributed by atoms with E-state index in [-0.39, 0.29) is 16.9 Å². The number of methoxy groups -OCH3 is 1. The molecule has 0 aromatic heterocycles. The topological polar surface area (TPSA) is 72.7 Å². The molecule has 0 saturated carbocycles. The first-order chi connectivity index (χ1) is 9.54. The number of nitro groups is 1. The molecule has 0 spiro atoms. The quantitative estimate of drug-likeness (QED) is 0.484. The highest BCUT2D eigenvalue weighted by Gasteiger charge is 2.26. The Morgan fingerprint density at radius 1 is 1.35 bits per heavy atom. The van der Waals surface area contributed by atoms with Gasteiger partial charge in [-0.05, 0) is 25.3 Å². The van der Waals surface area contributed by atoms with Crippen LogP contribution in [0.15, 0.2) is 12.1 Å². The molecular formula is C13H15FN2O4. The van der Waals surface area contributed by atoms with Crippen LogP contribution in [0.3, 0.4) is 0 Å². The van der Waals surface area contributed by atoms with E-state index in [1.165, 1.54) is 6.07 Å². The van der Waals surface area contributed by atoms with Gasteiger partial charge in [0.2, 0.25) is 0 Å². The molecule has 1 aliphatic heterocycles. The Hall–Kier alpha value is -2.18. The van der Waals surface area contributed by atoms with Crippen molar-refractivity contribution in [2.45, 2.75) is 19.3 Å². The number of nitro benzene ring substituents is 1. The lowest BCUT2D eigenvalue weighted by molar-refractivity contribution is -0.384. The van der Waals surface area contributed by atoms with Crippen molar-refractivity contribution in [2.75, 3.05) is 25.1 Å². The Bertz CT molecular complexity index is 541. The van der Waals surface area contributed by atoms with E-state index >= 15 is 0 Å². The van der Waals surface area contributed by atoms with E-state index in [0.29, 0.717) is 13.1 Å². The molecule has 0 atom stereocenters. The summed E-state index contributed by atoms with van der Waals surface area (Å²) in [7, 11) is 1.14. The van der Waals surface area contributed by atoms with Crippen molar-refractivity contribution < 1.29 is 18.8 Å². The van der Waals surface area contributed by atoms with Gasteiger partial charge in [0.15, 0.2) is 0 Å². The van der Waals surface area contributed by atoms with E-state index in [1.807, 2.05) is 4.90 Å². The lowest BCUT2D eigenvalue weighted by Crippen LogP contribution is -2.30. The number of anilines is 1. The first kappa shape index (κ1) is 14.2. The number of carbonyl (C=O) groups is 1. The Morgan fingerprint density at radius 3 is 2.55 bits per heavy atom. The Kier molecular flexibility index (Phi) is 4.16. The molecule has 0 aliphatic carbocycles. The van der Waals surface area contributed by atoms with Crippen molar-refractivity contribution >= 4 is 17.3 Å². The molecule has 1 fully saturated rings. The van der Waals surface area contributed by atoms with Crippen LogP contribution in [-0.2, 0) is 4.74 Å². The van der Waals surface area contributed by atoms with Crippen LogP contribution in [0.1, 0.15) is 29.6 Å². The normalized spacial score (nSPS) is 15.0. The second-order valence-corrected chi connectivity index (χ2v) is 4.62. The van der Waals surface area contributed by atoms with Crippen LogP contribution < -0.4 is 4.90 Å². The molecule has 1 aromatic rings. The van der Waals surface area contributed by atoms with Crippen LogP contribution in [0.25, 0.3) is 0 Å². The van der Waals surface area contributed by atoms with E-state index in [9.17, 15) is 19.3 Å². The molecule has 108 valence electrons. The van der Waals surface area contributed by atoms with Gasteiger partial charge in [0, 0.05) is 13.1 Å².